The number of aromatic amines is 1. The van der Waals surface area contributed by atoms with Gasteiger partial charge in [-0.2, -0.15) is 4.98 Å². The third-order valence-corrected chi connectivity index (χ3v) is 4.29. The lowest BCUT2D eigenvalue weighted by atomic mass is 9.97. The zero-order valence-corrected chi connectivity index (χ0v) is 13.6. The molecule has 6 nitrogen and oxygen atoms in total. The highest BCUT2D eigenvalue weighted by Gasteiger charge is 2.21. The molecular formula is C15H29N5O. The maximum atomic E-state index is 5.26. The van der Waals surface area contributed by atoms with Crippen molar-refractivity contribution < 1.29 is 4.74 Å². The number of nitrogens with zero attached hydrogens (tertiary/aromatic N) is 3. The molecule has 2 N–H and O–H groups in total. The number of anilines is 1. The molecule has 1 aromatic rings. The highest BCUT2D eigenvalue weighted by atomic mass is 16.5. The maximum Gasteiger partial charge on any atom is 0.244 e. The van der Waals surface area contributed by atoms with Gasteiger partial charge in [0.2, 0.25) is 5.95 Å². The van der Waals surface area contributed by atoms with Crippen molar-refractivity contribution in [2.75, 3.05) is 38.2 Å². The molecule has 2 rings (SSSR count). The van der Waals surface area contributed by atoms with Crippen molar-refractivity contribution in [2.24, 2.45) is 5.92 Å². The molecule has 1 aliphatic heterocycles. The summed E-state index contributed by atoms with van der Waals surface area (Å²) < 4.78 is 5.26. The van der Waals surface area contributed by atoms with Gasteiger partial charge in [-0.15, -0.1) is 5.10 Å². The van der Waals surface area contributed by atoms with E-state index in [0.29, 0.717) is 0 Å². The summed E-state index contributed by atoms with van der Waals surface area (Å²) in [4.78, 5) is 6.91. The smallest absolute Gasteiger partial charge is 0.244 e. The Labute approximate surface area is 127 Å². The first-order valence-electron chi connectivity index (χ1n) is 8.12. The summed E-state index contributed by atoms with van der Waals surface area (Å²) in [6.07, 6.45) is 4.56. The SMILES string of the molecule is CCNCC1CCN(c2n[nH]c(CCC(C)OC)n2)CC1. The second kappa shape index (κ2) is 8.34. The first-order chi connectivity index (χ1) is 10.2. The van der Waals surface area contributed by atoms with E-state index < -0.39 is 0 Å². The summed E-state index contributed by atoms with van der Waals surface area (Å²) in [7, 11) is 1.74. The summed E-state index contributed by atoms with van der Waals surface area (Å²) in [5.74, 6) is 2.61. The predicted molar refractivity (Wildman–Crippen MR) is 84.7 cm³/mol. The first kappa shape index (κ1) is 16.2. The Morgan fingerprint density at radius 3 is 2.86 bits per heavy atom. The number of nitrogens with one attached hydrogen (secondary N) is 2. The fourth-order valence-corrected chi connectivity index (χ4v) is 2.68. The normalized spacial score (nSPS) is 18.1. The fraction of sp³-hybridized carbons (Fsp3) is 0.867. The fourth-order valence-electron chi connectivity index (χ4n) is 2.68. The monoisotopic (exact) mass is 295 g/mol. The topological polar surface area (TPSA) is 66.1 Å². The molecule has 1 atom stereocenters. The van der Waals surface area contributed by atoms with Gasteiger partial charge in [0.1, 0.15) is 5.82 Å². The van der Waals surface area contributed by atoms with Gasteiger partial charge in [-0.1, -0.05) is 6.92 Å². The molecule has 0 amide bonds. The van der Waals surface area contributed by atoms with E-state index in [9.17, 15) is 0 Å². The molecule has 1 aromatic heterocycles. The number of piperidine rings is 1. The quantitative estimate of drug-likeness (QED) is 0.762. The Kier molecular flexibility index (Phi) is 6.45. The van der Waals surface area contributed by atoms with Crippen LogP contribution in [0.3, 0.4) is 0 Å². The number of aryl methyl sites for hydroxylation is 1. The number of methoxy groups -OCH3 is 1. The van der Waals surface area contributed by atoms with Crippen molar-refractivity contribution in [3.8, 4) is 0 Å². The second-order valence-corrected chi connectivity index (χ2v) is 5.91. The van der Waals surface area contributed by atoms with Crippen LogP contribution in [0.5, 0.6) is 0 Å². The molecule has 21 heavy (non-hydrogen) atoms. The van der Waals surface area contributed by atoms with Crippen LogP contribution in [0.2, 0.25) is 0 Å². The van der Waals surface area contributed by atoms with E-state index in [1.54, 1.807) is 7.11 Å². The van der Waals surface area contributed by atoms with Crippen LogP contribution < -0.4 is 10.2 Å². The van der Waals surface area contributed by atoms with Gasteiger partial charge in [0, 0.05) is 26.6 Å². The standard InChI is InChI=1S/C15H29N5O/c1-4-16-11-13-7-9-20(10-8-13)15-17-14(18-19-15)6-5-12(2)21-3/h12-13,16H,4-11H2,1-3H3,(H,17,18,19). The van der Waals surface area contributed by atoms with E-state index in [4.69, 9.17) is 4.74 Å². The number of aromatic nitrogens is 3. The number of hydrogen-bond acceptors (Lipinski definition) is 5. The van der Waals surface area contributed by atoms with Crippen molar-refractivity contribution in [1.29, 1.82) is 0 Å². The maximum absolute atomic E-state index is 5.26. The van der Waals surface area contributed by atoms with Crippen LogP contribution in [-0.2, 0) is 11.2 Å². The summed E-state index contributed by atoms with van der Waals surface area (Å²) in [6.45, 7) is 8.55. The molecule has 0 radical (unpaired) electrons. The molecule has 2 heterocycles. The molecule has 1 unspecified atom stereocenters. The van der Waals surface area contributed by atoms with Crippen molar-refractivity contribution in [3.05, 3.63) is 5.82 Å². The Bertz CT molecular complexity index is 401. The summed E-state index contributed by atoms with van der Waals surface area (Å²) in [6, 6.07) is 0. The molecule has 0 aromatic carbocycles. The molecule has 0 spiro atoms. The average Bonchev–Trinajstić information content (AvgIpc) is 3.00. The second-order valence-electron chi connectivity index (χ2n) is 5.91. The Morgan fingerprint density at radius 1 is 1.43 bits per heavy atom. The largest absolute Gasteiger partial charge is 0.382 e. The molecule has 1 aliphatic rings. The van der Waals surface area contributed by atoms with Gasteiger partial charge in [0.05, 0.1) is 6.10 Å². The van der Waals surface area contributed by atoms with Gasteiger partial charge >= 0.3 is 0 Å². The first-order valence-corrected chi connectivity index (χ1v) is 8.12. The Hall–Kier alpha value is -1.14. The minimum Gasteiger partial charge on any atom is -0.382 e. The van der Waals surface area contributed by atoms with E-state index in [2.05, 4.69) is 39.2 Å². The highest BCUT2D eigenvalue weighted by Crippen LogP contribution is 2.20. The predicted octanol–water partition coefficient (Wildman–Crippen LogP) is 1.60. The van der Waals surface area contributed by atoms with Gasteiger partial charge < -0.3 is 15.0 Å². The molecule has 120 valence electrons. The van der Waals surface area contributed by atoms with Gasteiger partial charge in [-0.3, -0.25) is 5.10 Å². The minimum atomic E-state index is 0.264. The van der Waals surface area contributed by atoms with Crippen LogP contribution in [0.25, 0.3) is 0 Å². The van der Waals surface area contributed by atoms with Crippen LogP contribution in [0.4, 0.5) is 5.95 Å². The Balaban J connectivity index is 1.77. The zero-order valence-electron chi connectivity index (χ0n) is 13.6. The lowest BCUT2D eigenvalue weighted by Gasteiger charge is -2.31. The van der Waals surface area contributed by atoms with Gasteiger partial charge in [0.15, 0.2) is 0 Å². The van der Waals surface area contributed by atoms with Crippen molar-refractivity contribution >= 4 is 5.95 Å². The van der Waals surface area contributed by atoms with E-state index in [1.165, 1.54) is 12.8 Å². The van der Waals surface area contributed by atoms with E-state index in [-0.39, 0.29) is 6.10 Å². The third-order valence-electron chi connectivity index (χ3n) is 4.29. The lowest BCUT2D eigenvalue weighted by molar-refractivity contribution is 0.111. The van der Waals surface area contributed by atoms with Crippen LogP contribution in [-0.4, -0.2) is 54.6 Å². The zero-order chi connectivity index (χ0) is 15.1. The van der Waals surface area contributed by atoms with Crippen molar-refractivity contribution in [3.63, 3.8) is 0 Å². The number of hydrogen-bond donors (Lipinski definition) is 2. The molecule has 0 bridgehead atoms. The van der Waals surface area contributed by atoms with Crippen LogP contribution in [0, 0.1) is 5.92 Å². The molecule has 1 fully saturated rings. The van der Waals surface area contributed by atoms with Crippen LogP contribution in [0.15, 0.2) is 0 Å². The van der Waals surface area contributed by atoms with E-state index in [0.717, 1.165) is 56.7 Å². The van der Waals surface area contributed by atoms with E-state index in [1.807, 2.05) is 0 Å². The summed E-state index contributed by atoms with van der Waals surface area (Å²) >= 11 is 0. The van der Waals surface area contributed by atoms with Crippen LogP contribution >= 0.6 is 0 Å². The highest BCUT2D eigenvalue weighted by molar-refractivity contribution is 5.29. The van der Waals surface area contributed by atoms with Gasteiger partial charge in [0.25, 0.3) is 0 Å². The van der Waals surface area contributed by atoms with Crippen molar-refractivity contribution in [2.45, 2.75) is 45.6 Å². The van der Waals surface area contributed by atoms with Gasteiger partial charge in [-0.25, -0.2) is 0 Å². The molecule has 1 saturated heterocycles. The minimum absolute atomic E-state index is 0.264. The van der Waals surface area contributed by atoms with Crippen molar-refractivity contribution in [1.82, 2.24) is 20.5 Å². The average molecular weight is 295 g/mol. The Morgan fingerprint density at radius 2 is 2.19 bits per heavy atom. The van der Waals surface area contributed by atoms with Crippen LogP contribution in [0.1, 0.15) is 38.9 Å². The molecule has 0 aliphatic carbocycles. The number of rotatable bonds is 8. The lowest BCUT2D eigenvalue weighted by Crippen LogP contribution is -2.37. The summed E-state index contributed by atoms with van der Waals surface area (Å²) in [5.41, 5.74) is 0. The molecule has 0 saturated carbocycles. The number of H-pyrrole nitrogens is 1. The van der Waals surface area contributed by atoms with Gasteiger partial charge in [-0.05, 0) is 45.2 Å². The molecule has 6 heteroatoms. The van der Waals surface area contributed by atoms with E-state index >= 15 is 0 Å². The summed E-state index contributed by atoms with van der Waals surface area (Å²) in [5, 5.41) is 10.9. The molecular weight excluding hydrogens is 266 g/mol. The third kappa shape index (κ3) is 4.97. The number of ether oxygens (including phenoxy) is 1.